The molecule has 1 aliphatic rings. The number of amides is 1. The van der Waals surface area contributed by atoms with Crippen LogP contribution in [0.1, 0.15) is 40.9 Å². The summed E-state index contributed by atoms with van der Waals surface area (Å²) in [5.74, 6) is -0.0717. The van der Waals surface area contributed by atoms with E-state index in [0.29, 0.717) is 5.56 Å². The Morgan fingerprint density at radius 1 is 1.27 bits per heavy atom. The number of aromatic nitrogens is 1. The van der Waals surface area contributed by atoms with Crippen LogP contribution in [-0.2, 0) is 13.0 Å². The summed E-state index contributed by atoms with van der Waals surface area (Å²) in [7, 11) is 2.09. The molecule has 1 aromatic heterocycles. The van der Waals surface area contributed by atoms with Gasteiger partial charge in [-0.2, -0.15) is 0 Å². The van der Waals surface area contributed by atoms with E-state index < -0.39 is 0 Å². The second kappa shape index (κ2) is 7.87. The van der Waals surface area contributed by atoms with Crippen LogP contribution in [0.4, 0.5) is 11.4 Å². The quantitative estimate of drug-likeness (QED) is 0.895. The van der Waals surface area contributed by atoms with Gasteiger partial charge in [-0.05, 0) is 69.1 Å². The molecule has 0 aliphatic carbocycles. The normalized spacial score (nSPS) is 14.0. The molecule has 0 saturated carbocycles. The zero-order chi connectivity index (χ0) is 18.7. The van der Waals surface area contributed by atoms with Crippen LogP contribution in [0.25, 0.3) is 0 Å². The lowest BCUT2D eigenvalue weighted by molar-refractivity contribution is 0.102. The fourth-order valence-corrected chi connectivity index (χ4v) is 3.59. The molecule has 0 saturated heterocycles. The first kappa shape index (κ1) is 18.4. The van der Waals surface area contributed by atoms with Gasteiger partial charge >= 0.3 is 0 Å². The van der Waals surface area contributed by atoms with Gasteiger partial charge in [-0.25, -0.2) is 0 Å². The van der Waals surface area contributed by atoms with Crippen LogP contribution in [0, 0.1) is 6.92 Å². The van der Waals surface area contributed by atoms with E-state index in [2.05, 4.69) is 53.1 Å². The summed E-state index contributed by atoms with van der Waals surface area (Å²) in [6.45, 7) is 10.1. The van der Waals surface area contributed by atoms with Crippen LogP contribution >= 0.6 is 0 Å². The summed E-state index contributed by atoms with van der Waals surface area (Å²) in [5, 5.41) is 3.08. The molecule has 2 heterocycles. The lowest BCUT2D eigenvalue weighted by Crippen LogP contribution is -2.29. The first-order chi connectivity index (χ1) is 12.5. The van der Waals surface area contributed by atoms with E-state index in [9.17, 15) is 4.79 Å². The number of nitrogens with zero attached hydrogens (tertiary/aromatic N) is 3. The minimum absolute atomic E-state index is 0.0717. The molecule has 3 rings (SSSR count). The largest absolute Gasteiger partial charge is 0.372 e. The molecule has 0 bridgehead atoms. The van der Waals surface area contributed by atoms with Gasteiger partial charge in [0.05, 0.1) is 5.56 Å². The van der Waals surface area contributed by atoms with E-state index in [1.165, 1.54) is 5.69 Å². The third-order valence-corrected chi connectivity index (χ3v) is 5.16. The Labute approximate surface area is 156 Å². The van der Waals surface area contributed by atoms with E-state index in [1.54, 1.807) is 6.20 Å². The maximum absolute atomic E-state index is 12.9. The maximum atomic E-state index is 12.9. The Balaban J connectivity index is 1.82. The van der Waals surface area contributed by atoms with Crippen molar-refractivity contribution >= 4 is 17.3 Å². The third-order valence-electron chi connectivity index (χ3n) is 5.16. The van der Waals surface area contributed by atoms with Crippen molar-refractivity contribution in [3.05, 3.63) is 52.8 Å². The average Bonchev–Trinajstić information content (AvgIpc) is 2.64. The van der Waals surface area contributed by atoms with Gasteiger partial charge in [0.1, 0.15) is 0 Å². The summed E-state index contributed by atoms with van der Waals surface area (Å²) >= 11 is 0. The molecule has 26 heavy (non-hydrogen) atoms. The van der Waals surface area contributed by atoms with Gasteiger partial charge in [0.15, 0.2) is 0 Å². The van der Waals surface area contributed by atoms with Crippen molar-refractivity contribution in [1.82, 2.24) is 9.88 Å². The molecule has 1 amide bonds. The second-order valence-corrected chi connectivity index (χ2v) is 6.94. The second-order valence-electron chi connectivity index (χ2n) is 6.94. The number of fused-ring (bicyclic) bond motifs is 1. The molecule has 0 radical (unpaired) electrons. The number of hydrogen-bond acceptors (Lipinski definition) is 4. The number of likely N-dealkylation sites (N-methyl/N-ethyl adjacent to an activating group) is 1. The molecule has 138 valence electrons. The van der Waals surface area contributed by atoms with Gasteiger partial charge in [-0.1, -0.05) is 0 Å². The number of aryl methyl sites for hydroxylation is 1. The Morgan fingerprint density at radius 3 is 2.73 bits per heavy atom. The van der Waals surface area contributed by atoms with Crippen molar-refractivity contribution in [2.75, 3.05) is 36.9 Å². The first-order valence-electron chi connectivity index (χ1n) is 9.34. The molecule has 1 N–H and O–H groups in total. The van der Waals surface area contributed by atoms with E-state index in [4.69, 9.17) is 0 Å². The molecule has 0 fully saturated rings. The Kier molecular flexibility index (Phi) is 5.57. The summed E-state index contributed by atoms with van der Waals surface area (Å²) in [4.78, 5) is 21.7. The minimum atomic E-state index is -0.0717. The van der Waals surface area contributed by atoms with Gasteiger partial charge in [0.2, 0.25) is 0 Å². The predicted molar refractivity (Wildman–Crippen MR) is 107 cm³/mol. The van der Waals surface area contributed by atoms with Gasteiger partial charge in [-0.15, -0.1) is 0 Å². The van der Waals surface area contributed by atoms with Crippen LogP contribution in [-0.4, -0.2) is 42.5 Å². The van der Waals surface area contributed by atoms with Crippen LogP contribution in [0.2, 0.25) is 0 Å². The maximum Gasteiger partial charge on any atom is 0.257 e. The number of nitrogens with one attached hydrogen (secondary N) is 1. The molecule has 0 atom stereocenters. The molecule has 5 nitrogen and oxygen atoms in total. The fraction of sp³-hybridized carbons (Fsp3) is 0.429. The molecule has 5 heteroatoms. The Morgan fingerprint density at radius 2 is 2.04 bits per heavy atom. The first-order valence-corrected chi connectivity index (χ1v) is 9.34. The third kappa shape index (κ3) is 3.73. The molecule has 0 spiro atoms. The van der Waals surface area contributed by atoms with Crippen molar-refractivity contribution in [1.29, 1.82) is 0 Å². The highest BCUT2D eigenvalue weighted by atomic mass is 16.1. The number of hydrogen-bond donors (Lipinski definition) is 1. The SMILES string of the molecule is CCN(CC)c1ccc(NC(=O)c2cncc3c2CCN(C)C3)c(C)c1. The fourth-order valence-electron chi connectivity index (χ4n) is 3.59. The van der Waals surface area contributed by atoms with Gasteiger partial charge < -0.3 is 15.1 Å². The van der Waals surface area contributed by atoms with Crippen molar-refractivity contribution in [2.45, 2.75) is 33.7 Å². The van der Waals surface area contributed by atoms with Crippen LogP contribution < -0.4 is 10.2 Å². The average molecular weight is 352 g/mol. The number of rotatable bonds is 5. The molecular formula is C21H28N4O. The van der Waals surface area contributed by atoms with Gasteiger partial charge in [0.25, 0.3) is 5.91 Å². The highest BCUT2D eigenvalue weighted by Gasteiger charge is 2.21. The standard InChI is InChI=1S/C21H28N4O/c1-5-25(6-2)17-7-8-20(15(3)11-17)23-21(26)19-13-22-12-16-14-24(4)10-9-18(16)19/h7-8,11-13H,5-6,9-10,14H2,1-4H3,(H,23,26). The number of carbonyl (C=O) groups is 1. The van der Waals surface area contributed by atoms with Crippen LogP contribution in [0.3, 0.4) is 0 Å². The molecule has 0 unspecified atom stereocenters. The highest BCUT2D eigenvalue weighted by molar-refractivity contribution is 6.05. The molecule has 2 aromatic rings. The van der Waals surface area contributed by atoms with Crippen molar-refractivity contribution in [3.63, 3.8) is 0 Å². The van der Waals surface area contributed by atoms with E-state index in [0.717, 1.165) is 55.0 Å². The number of carbonyl (C=O) groups excluding carboxylic acids is 1. The van der Waals surface area contributed by atoms with E-state index >= 15 is 0 Å². The lowest BCUT2D eigenvalue weighted by Gasteiger charge is -2.26. The topological polar surface area (TPSA) is 48.5 Å². The number of benzene rings is 1. The van der Waals surface area contributed by atoms with Crippen molar-refractivity contribution in [3.8, 4) is 0 Å². The number of anilines is 2. The van der Waals surface area contributed by atoms with Gasteiger partial charge in [-0.3, -0.25) is 9.78 Å². The smallest absolute Gasteiger partial charge is 0.257 e. The van der Waals surface area contributed by atoms with Crippen LogP contribution in [0.15, 0.2) is 30.6 Å². The minimum Gasteiger partial charge on any atom is -0.372 e. The van der Waals surface area contributed by atoms with Gasteiger partial charge in [0, 0.05) is 49.9 Å². The predicted octanol–water partition coefficient (Wildman–Crippen LogP) is 3.48. The van der Waals surface area contributed by atoms with Crippen LogP contribution in [0.5, 0.6) is 0 Å². The Bertz CT molecular complexity index is 799. The molecule has 1 aromatic carbocycles. The number of pyridine rings is 1. The molecule has 1 aliphatic heterocycles. The highest BCUT2D eigenvalue weighted by Crippen LogP contribution is 2.25. The molecular weight excluding hydrogens is 324 g/mol. The summed E-state index contributed by atoms with van der Waals surface area (Å²) in [6, 6.07) is 6.21. The Hall–Kier alpha value is -2.40. The zero-order valence-corrected chi connectivity index (χ0v) is 16.2. The van der Waals surface area contributed by atoms with E-state index in [1.807, 2.05) is 19.2 Å². The summed E-state index contributed by atoms with van der Waals surface area (Å²) < 4.78 is 0. The summed E-state index contributed by atoms with van der Waals surface area (Å²) in [6.07, 6.45) is 4.46. The van der Waals surface area contributed by atoms with E-state index in [-0.39, 0.29) is 5.91 Å². The van der Waals surface area contributed by atoms with Crippen molar-refractivity contribution < 1.29 is 4.79 Å². The lowest BCUT2D eigenvalue weighted by atomic mass is 9.97. The summed E-state index contributed by atoms with van der Waals surface area (Å²) in [5.41, 5.74) is 6.10. The monoisotopic (exact) mass is 352 g/mol. The van der Waals surface area contributed by atoms with Crippen molar-refractivity contribution in [2.24, 2.45) is 0 Å². The zero-order valence-electron chi connectivity index (χ0n) is 16.2.